The molecule has 6 heteroatoms. The van der Waals surface area contributed by atoms with Crippen molar-refractivity contribution in [2.75, 3.05) is 14.2 Å². The van der Waals surface area contributed by atoms with Crippen LogP contribution in [0.1, 0.15) is 0 Å². The number of carbonyl (C=O) groups excluding carboxylic acids is 2. The van der Waals surface area contributed by atoms with Crippen molar-refractivity contribution < 1.29 is 19.1 Å². The van der Waals surface area contributed by atoms with E-state index in [4.69, 9.17) is 32.7 Å². The number of ether oxygens (including phenoxy) is 2. The molecule has 0 fully saturated rings. The molecule has 0 aliphatic heterocycles. The maximum atomic E-state index is 11.2. The van der Waals surface area contributed by atoms with E-state index in [0.717, 1.165) is 0 Å². The second-order valence-electron chi connectivity index (χ2n) is 2.35. The largest absolute Gasteiger partial charge is 0.491 e. The molecule has 0 amide bonds. The average molecular weight is 237 g/mol. The molecule has 0 N–H and O–H groups in total. The molecule has 1 aliphatic carbocycles. The molecule has 0 spiro atoms. The predicted molar refractivity (Wildman–Crippen MR) is 49.8 cm³/mol. The Balaban J connectivity index is 3.37. The smallest absolute Gasteiger partial charge is 0.249 e. The van der Waals surface area contributed by atoms with Crippen LogP contribution in [0.4, 0.5) is 0 Å². The number of carbonyl (C=O) groups is 2. The van der Waals surface area contributed by atoms with Gasteiger partial charge in [-0.25, -0.2) is 0 Å². The fraction of sp³-hybridized carbons (Fsp3) is 0.250. The maximum absolute atomic E-state index is 11.2. The van der Waals surface area contributed by atoms with Gasteiger partial charge in [-0.1, -0.05) is 23.2 Å². The minimum Gasteiger partial charge on any atom is -0.491 e. The molecule has 4 nitrogen and oxygen atoms in total. The topological polar surface area (TPSA) is 52.6 Å². The van der Waals surface area contributed by atoms with Crippen LogP contribution in [0, 0.1) is 0 Å². The van der Waals surface area contributed by atoms with Crippen LogP contribution in [-0.2, 0) is 19.1 Å². The number of rotatable bonds is 2. The molecule has 0 aromatic heterocycles. The summed E-state index contributed by atoms with van der Waals surface area (Å²) in [4.78, 5) is 22.3. The van der Waals surface area contributed by atoms with Gasteiger partial charge in [-0.2, -0.15) is 0 Å². The number of allylic oxidation sites excluding steroid dienone is 2. The zero-order chi connectivity index (χ0) is 10.9. The standard InChI is InChI=1S/C8H6Cl2O4/c1-13-7-3(9)5(11)6(12)4(10)8(7)14-2/h1-2H3. The minimum atomic E-state index is -0.894. The van der Waals surface area contributed by atoms with E-state index in [1.807, 2.05) is 0 Å². The molecular formula is C8H6Cl2O4. The van der Waals surface area contributed by atoms with Crippen molar-refractivity contribution >= 4 is 34.8 Å². The van der Waals surface area contributed by atoms with Gasteiger partial charge in [0.1, 0.15) is 10.1 Å². The number of halogens is 2. The van der Waals surface area contributed by atoms with Crippen LogP contribution in [0.2, 0.25) is 0 Å². The summed E-state index contributed by atoms with van der Waals surface area (Å²) in [5.41, 5.74) is 0. The van der Waals surface area contributed by atoms with E-state index in [2.05, 4.69) is 0 Å². The van der Waals surface area contributed by atoms with Crippen LogP contribution < -0.4 is 0 Å². The minimum absolute atomic E-state index is 0.0243. The lowest BCUT2D eigenvalue weighted by molar-refractivity contribution is -0.131. The molecule has 0 atom stereocenters. The van der Waals surface area contributed by atoms with E-state index in [1.165, 1.54) is 14.2 Å². The van der Waals surface area contributed by atoms with Crippen LogP contribution in [0.15, 0.2) is 21.6 Å². The zero-order valence-corrected chi connectivity index (χ0v) is 8.90. The van der Waals surface area contributed by atoms with Gasteiger partial charge in [-0.05, 0) is 0 Å². The fourth-order valence-electron chi connectivity index (χ4n) is 0.970. The molecule has 1 aliphatic rings. The lowest BCUT2D eigenvalue weighted by Crippen LogP contribution is -2.23. The molecule has 76 valence electrons. The summed E-state index contributed by atoms with van der Waals surface area (Å²) in [6.07, 6.45) is 0. The highest BCUT2D eigenvalue weighted by atomic mass is 35.5. The van der Waals surface area contributed by atoms with E-state index in [0.29, 0.717) is 0 Å². The van der Waals surface area contributed by atoms with Crippen molar-refractivity contribution in [3.8, 4) is 0 Å². The molecule has 0 saturated carbocycles. The van der Waals surface area contributed by atoms with Gasteiger partial charge in [0.25, 0.3) is 0 Å². The van der Waals surface area contributed by atoms with Gasteiger partial charge in [0.2, 0.25) is 11.6 Å². The van der Waals surface area contributed by atoms with Crippen LogP contribution in [0.3, 0.4) is 0 Å². The average Bonchev–Trinajstić information content (AvgIpc) is 2.20. The lowest BCUT2D eigenvalue weighted by atomic mass is 10.1. The van der Waals surface area contributed by atoms with E-state index < -0.39 is 11.6 Å². The number of ketones is 2. The van der Waals surface area contributed by atoms with E-state index in [-0.39, 0.29) is 21.6 Å². The molecule has 14 heavy (non-hydrogen) atoms. The molecule has 0 heterocycles. The van der Waals surface area contributed by atoms with E-state index in [1.54, 1.807) is 0 Å². The third-order valence-electron chi connectivity index (χ3n) is 1.62. The quantitative estimate of drug-likeness (QED) is 0.537. The van der Waals surface area contributed by atoms with Crippen LogP contribution in [-0.4, -0.2) is 25.8 Å². The van der Waals surface area contributed by atoms with Crippen molar-refractivity contribution in [1.82, 2.24) is 0 Å². The summed E-state index contributed by atoms with van der Waals surface area (Å²) in [6, 6.07) is 0. The number of methoxy groups -OCH3 is 2. The molecule has 0 unspecified atom stereocenters. The Bertz CT molecular complexity index is 332. The first-order chi connectivity index (χ1) is 6.54. The highest BCUT2D eigenvalue weighted by Gasteiger charge is 2.35. The Kier molecular flexibility index (Phi) is 3.18. The van der Waals surface area contributed by atoms with Crippen molar-refractivity contribution in [2.24, 2.45) is 0 Å². The Morgan fingerprint density at radius 2 is 1.14 bits per heavy atom. The van der Waals surface area contributed by atoms with Gasteiger partial charge >= 0.3 is 0 Å². The van der Waals surface area contributed by atoms with Crippen molar-refractivity contribution in [1.29, 1.82) is 0 Å². The van der Waals surface area contributed by atoms with Crippen molar-refractivity contribution in [2.45, 2.75) is 0 Å². The van der Waals surface area contributed by atoms with Crippen molar-refractivity contribution in [3.63, 3.8) is 0 Å². The summed E-state index contributed by atoms with van der Waals surface area (Å²) in [6.45, 7) is 0. The third kappa shape index (κ3) is 1.51. The van der Waals surface area contributed by atoms with Crippen molar-refractivity contribution in [3.05, 3.63) is 21.6 Å². The summed E-state index contributed by atoms with van der Waals surface area (Å²) in [7, 11) is 2.59. The van der Waals surface area contributed by atoms with Crippen LogP contribution in [0.5, 0.6) is 0 Å². The Morgan fingerprint density at radius 3 is 1.36 bits per heavy atom. The number of hydrogen-bond donors (Lipinski definition) is 0. The number of Topliss-reactive ketones (excluding diaryl/α,β-unsaturated/α-hetero) is 2. The molecular weight excluding hydrogens is 231 g/mol. The highest BCUT2D eigenvalue weighted by Crippen LogP contribution is 2.30. The second-order valence-corrected chi connectivity index (χ2v) is 3.11. The van der Waals surface area contributed by atoms with Gasteiger partial charge in [-0.15, -0.1) is 0 Å². The summed E-state index contributed by atoms with van der Waals surface area (Å²) in [5, 5.41) is -0.641. The van der Waals surface area contributed by atoms with Crippen LogP contribution in [0.25, 0.3) is 0 Å². The summed E-state index contributed by atoms with van der Waals surface area (Å²) >= 11 is 11.2. The maximum Gasteiger partial charge on any atom is 0.249 e. The van der Waals surface area contributed by atoms with Gasteiger partial charge in [0.15, 0.2) is 11.5 Å². The Labute approximate surface area is 90.1 Å². The first kappa shape index (κ1) is 11.1. The lowest BCUT2D eigenvalue weighted by Gasteiger charge is -2.16. The van der Waals surface area contributed by atoms with Gasteiger partial charge in [0.05, 0.1) is 14.2 Å². The fourth-order valence-corrected chi connectivity index (χ4v) is 1.47. The molecule has 0 radical (unpaired) electrons. The van der Waals surface area contributed by atoms with Crippen LogP contribution >= 0.6 is 23.2 Å². The predicted octanol–water partition coefficient (Wildman–Crippen LogP) is 1.33. The zero-order valence-electron chi connectivity index (χ0n) is 7.39. The van der Waals surface area contributed by atoms with Gasteiger partial charge in [-0.3, -0.25) is 9.59 Å². The Hall–Kier alpha value is -1.00. The number of hydrogen-bond acceptors (Lipinski definition) is 4. The molecule has 0 bridgehead atoms. The van der Waals surface area contributed by atoms with E-state index >= 15 is 0 Å². The van der Waals surface area contributed by atoms with Gasteiger partial charge < -0.3 is 9.47 Å². The third-order valence-corrected chi connectivity index (χ3v) is 2.30. The first-order valence-corrected chi connectivity index (χ1v) is 4.27. The van der Waals surface area contributed by atoms with Gasteiger partial charge in [0, 0.05) is 0 Å². The molecule has 0 saturated heterocycles. The van der Waals surface area contributed by atoms with E-state index in [9.17, 15) is 9.59 Å². The molecule has 0 aromatic rings. The molecule has 1 rings (SSSR count). The first-order valence-electron chi connectivity index (χ1n) is 3.51. The SMILES string of the molecule is COC1=C(Cl)C(=O)C(=O)C(Cl)=C1OC. The Morgan fingerprint density at radius 1 is 0.857 bits per heavy atom. The normalized spacial score (nSPS) is 17.7. The highest BCUT2D eigenvalue weighted by molar-refractivity contribution is 6.68. The summed E-state index contributed by atoms with van der Waals surface area (Å²) in [5.74, 6) is -1.84. The monoisotopic (exact) mass is 236 g/mol. The summed E-state index contributed by atoms with van der Waals surface area (Å²) < 4.78 is 9.61. The molecule has 0 aromatic carbocycles. The second kappa shape index (κ2) is 4.02.